The Kier molecular flexibility index (Phi) is 8.40. The summed E-state index contributed by atoms with van der Waals surface area (Å²) in [5.74, 6) is -1.74. The molecule has 0 aliphatic carbocycles. The molecule has 0 amide bonds. The Morgan fingerprint density at radius 2 is 1.88 bits per heavy atom. The summed E-state index contributed by atoms with van der Waals surface area (Å²) in [7, 11) is 0. The van der Waals surface area contributed by atoms with Crippen molar-refractivity contribution in [3.05, 3.63) is 0 Å². The summed E-state index contributed by atoms with van der Waals surface area (Å²) in [6.45, 7) is 3.76. The molecule has 0 bridgehead atoms. The third-order valence-corrected chi connectivity index (χ3v) is 2.58. The van der Waals surface area contributed by atoms with Gasteiger partial charge >= 0.3 is 11.9 Å². The van der Waals surface area contributed by atoms with Gasteiger partial charge in [-0.15, -0.1) is 0 Å². The number of aliphatic carboxylic acids is 1. The van der Waals surface area contributed by atoms with Gasteiger partial charge in [0.05, 0.1) is 0 Å². The van der Waals surface area contributed by atoms with Gasteiger partial charge < -0.3 is 15.6 Å². The molecule has 5 heteroatoms. The van der Waals surface area contributed by atoms with Crippen LogP contribution < -0.4 is 5.73 Å². The first-order chi connectivity index (χ1) is 8.02. The molecular weight excluding hydrogens is 222 g/mol. The van der Waals surface area contributed by atoms with Gasteiger partial charge in [-0.05, 0) is 12.8 Å². The summed E-state index contributed by atoms with van der Waals surface area (Å²) in [6.07, 6.45) is 3.87. The Labute approximate surface area is 102 Å². The number of unbranched alkanes of at least 4 members (excludes halogenated alkanes) is 3. The van der Waals surface area contributed by atoms with Crippen molar-refractivity contribution in [1.82, 2.24) is 0 Å². The van der Waals surface area contributed by atoms with E-state index in [-0.39, 0.29) is 6.42 Å². The number of esters is 1. The number of hydrogen-bond donors (Lipinski definition) is 2. The highest BCUT2D eigenvalue weighted by molar-refractivity contribution is 5.80. The van der Waals surface area contributed by atoms with Gasteiger partial charge in [0, 0.05) is 0 Å². The summed E-state index contributed by atoms with van der Waals surface area (Å²) in [5.41, 5.74) is 5.64. The first-order valence-electron chi connectivity index (χ1n) is 6.21. The largest absolute Gasteiger partial charge is 0.479 e. The lowest BCUT2D eigenvalue weighted by Gasteiger charge is -2.15. The van der Waals surface area contributed by atoms with E-state index < -0.39 is 24.1 Å². The van der Waals surface area contributed by atoms with Crippen molar-refractivity contribution in [2.24, 2.45) is 5.73 Å². The van der Waals surface area contributed by atoms with Gasteiger partial charge in [0.25, 0.3) is 0 Å². The fourth-order valence-electron chi connectivity index (χ4n) is 1.44. The zero-order valence-corrected chi connectivity index (χ0v) is 10.6. The molecule has 0 aliphatic heterocycles. The lowest BCUT2D eigenvalue weighted by atomic mass is 10.1. The number of hydrogen-bond acceptors (Lipinski definition) is 4. The van der Waals surface area contributed by atoms with E-state index >= 15 is 0 Å². The maximum Gasteiger partial charge on any atom is 0.345 e. The van der Waals surface area contributed by atoms with Gasteiger partial charge in [-0.2, -0.15) is 0 Å². The highest BCUT2D eigenvalue weighted by Crippen LogP contribution is 2.07. The quantitative estimate of drug-likeness (QED) is 0.476. The Hall–Kier alpha value is -1.10. The zero-order chi connectivity index (χ0) is 13.3. The van der Waals surface area contributed by atoms with Crippen molar-refractivity contribution >= 4 is 11.9 Å². The molecular formula is C12H23NO4. The Bertz CT molecular complexity index is 243. The molecule has 3 N–H and O–H groups in total. The SMILES string of the molecule is CCCCCCC(N)C(=O)OC(CC)C(=O)O. The molecule has 0 aliphatic rings. The summed E-state index contributed by atoms with van der Waals surface area (Å²) in [4.78, 5) is 22.1. The van der Waals surface area contributed by atoms with Crippen LogP contribution in [0.4, 0.5) is 0 Å². The number of carbonyl (C=O) groups is 2. The Morgan fingerprint density at radius 1 is 1.24 bits per heavy atom. The molecule has 5 nitrogen and oxygen atoms in total. The van der Waals surface area contributed by atoms with E-state index in [1.165, 1.54) is 0 Å². The molecule has 17 heavy (non-hydrogen) atoms. The van der Waals surface area contributed by atoms with Gasteiger partial charge in [-0.1, -0.05) is 39.5 Å². The van der Waals surface area contributed by atoms with E-state index in [9.17, 15) is 9.59 Å². The number of carboxylic acid groups (broad SMARTS) is 1. The molecule has 0 heterocycles. The second-order valence-electron chi connectivity index (χ2n) is 4.13. The van der Waals surface area contributed by atoms with Crippen LogP contribution in [0, 0.1) is 0 Å². The molecule has 0 saturated heterocycles. The Morgan fingerprint density at radius 3 is 2.35 bits per heavy atom. The van der Waals surface area contributed by atoms with Crippen LogP contribution >= 0.6 is 0 Å². The molecule has 2 atom stereocenters. The monoisotopic (exact) mass is 245 g/mol. The van der Waals surface area contributed by atoms with E-state index in [0.717, 1.165) is 25.7 Å². The van der Waals surface area contributed by atoms with Crippen LogP contribution in [0.15, 0.2) is 0 Å². The molecule has 0 spiro atoms. The third-order valence-electron chi connectivity index (χ3n) is 2.58. The fourth-order valence-corrected chi connectivity index (χ4v) is 1.44. The van der Waals surface area contributed by atoms with Crippen molar-refractivity contribution < 1.29 is 19.4 Å². The van der Waals surface area contributed by atoms with Crippen LogP contribution in [-0.2, 0) is 14.3 Å². The maximum absolute atomic E-state index is 11.5. The summed E-state index contributed by atoms with van der Waals surface area (Å²) in [5, 5.41) is 8.73. The predicted octanol–water partition coefficient (Wildman–Crippen LogP) is 1.69. The molecule has 0 radical (unpaired) electrons. The number of carboxylic acids is 1. The average Bonchev–Trinajstić information content (AvgIpc) is 2.30. The van der Waals surface area contributed by atoms with E-state index in [0.29, 0.717) is 6.42 Å². The van der Waals surface area contributed by atoms with Crippen LogP contribution in [-0.4, -0.2) is 29.2 Å². The summed E-state index contributed by atoms with van der Waals surface area (Å²) < 4.78 is 4.82. The normalized spacial score (nSPS) is 14.1. The van der Waals surface area contributed by atoms with Crippen molar-refractivity contribution in [1.29, 1.82) is 0 Å². The topological polar surface area (TPSA) is 89.6 Å². The van der Waals surface area contributed by atoms with Crippen molar-refractivity contribution in [2.75, 3.05) is 0 Å². The van der Waals surface area contributed by atoms with Crippen LogP contribution in [0.5, 0.6) is 0 Å². The highest BCUT2D eigenvalue weighted by atomic mass is 16.6. The maximum atomic E-state index is 11.5. The van der Waals surface area contributed by atoms with Crippen LogP contribution in [0.25, 0.3) is 0 Å². The van der Waals surface area contributed by atoms with E-state index in [1.54, 1.807) is 6.92 Å². The minimum absolute atomic E-state index is 0.254. The predicted molar refractivity (Wildman–Crippen MR) is 64.5 cm³/mol. The second kappa shape index (κ2) is 8.98. The summed E-state index contributed by atoms with van der Waals surface area (Å²) in [6, 6.07) is -0.708. The van der Waals surface area contributed by atoms with Crippen molar-refractivity contribution in [3.63, 3.8) is 0 Å². The second-order valence-corrected chi connectivity index (χ2v) is 4.13. The highest BCUT2D eigenvalue weighted by Gasteiger charge is 2.23. The van der Waals surface area contributed by atoms with Gasteiger partial charge in [0.15, 0.2) is 6.10 Å². The zero-order valence-electron chi connectivity index (χ0n) is 10.6. The Balaban J connectivity index is 3.91. The number of carbonyl (C=O) groups excluding carboxylic acids is 1. The molecule has 0 rings (SSSR count). The molecule has 0 fully saturated rings. The lowest BCUT2D eigenvalue weighted by Crippen LogP contribution is -2.37. The van der Waals surface area contributed by atoms with E-state index in [1.807, 2.05) is 0 Å². The van der Waals surface area contributed by atoms with Crippen LogP contribution in [0.1, 0.15) is 52.4 Å². The molecule has 0 aromatic carbocycles. The van der Waals surface area contributed by atoms with Gasteiger partial charge in [-0.25, -0.2) is 4.79 Å². The smallest absolute Gasteiger partial charge is 0.345 e. The van der Waals surface area contributed by atoms with E-state index in [4.69, 9.17) is 15.6 Å². The number of ether oxygens (including phenoxy) is 1. The first kappa shape index (κ1) is 15.9. The van der Waals surface area contributed by atoms with Gasteiger partial charge in [-0.3, -0.25) is 4.79 Å². The number of nitrogens with two attached hydrogens (primary N) is 1. The molecule has 100 valence electrons. The average molecular weight is 245 g/mol. The first-order valence-corrected chi connectivity index (χ1v) is 6.21. The van der Waals surface area contributed by atoms with Crippen LogP contribution in [0.3, 0.4) is 0 Å². The minimum atomic E-state index is -1.13. The van der Waals surface area contributed by atoms with Crippen molar-refractivity contribution in [2.45, 2.75) is 64.5 Å². The molecule has 0 aromatic rings. The standard InChI is InChI=1S/C12H23NO4/c1-3-5-6-7-8-9(13)12(16)17-10(4-2)11(14)15/h9-10H,3-8,13H2,1-2H3,(H,14,15). The van der Waals surface area contributed by atoms with E-state index in [2.05, 4.69) is 6.92 Å². The lowest BCUT2D eigenvalue weighted by molar-refractivity contribution is -0.165. The number of rotatable bonds is 9. The molecule has 0 aromatic heterocycles. The molecule has 2 unspecified atom stereocenters. The van der Waals surface area contributed by atoms with Gasteiger partial charge in [0.2, 0.25) is 0 Å². The fraction of sp³-hybridized carbons (Fsp3) is 0.833. The molecule has 0 saturated carbocycles. The third kappa shape index (κ3) is 6.94. The van der Waals surface area contributed by atoms with Gasteiger partial charge in [0.1, 0.15) is 6.04 Å². The van der Waals surface area contributed by atoms with Crippen molar-refractivity contribution in [3.8, 4) is 0 Å². The minimum Gasteiger partial charge on any atom is -0.479 e. The summed E-state index contributed by atoms with van der Waals surface area (Å²) >= 11 is 0. The van der Waals surface area contributed by atoms with Crippen LogP contribution in [0.2, 0.25) is 0 Å².